The van der Waals surface area contributed by atoms with Crippen molar-refractivity contribution < 1.29 is 14.3 Å². The highest BCUT2D eigenvalue weighted by molar-refractivity contribution is 5.95. The summed E-state index contributed by atoms with van der Waals surface area (Å²) in [6, 6.07) is 14.7. The predicted octanol–water partition coefficient (Wildman–Crippen LogP) is 3.19. The molecule has 1 saturated heterocycles. The molecular weight excluding hydrogens is 368 g/mol. The Kier molecular flexibility index (Phi) is 6.59. The van der Waals surface area contributed by atoms with Gasteiger partial charge < -0.3 is 25.2 Å². The summed E-state index contributed by atoms with van der Waals surface area (Å²) in [5.74, 6) is 0.847. The van der Waals surface area contributed by atoms with Crippen LogP contribution in [0.2, 0.25) is 0 Å². The fourth-order valence-electron chi connectivity index (χ4n) is 3.35. The molecule has 0 atom stereocenters. The number of methoxy groups -OCH3 is 1. The van der Waals surface area contributed by atoms with Crippen molar-refractivity contribution in [1.29, 1.82) is 0 Å². The summed E-state index contributed by atoms with van der Waals surface area (Å²) in [5.41, 5.74) is 2.32. The molecule has 3 amide bonds. The van der Waals surface area contributed by atoms with E-state index in [-0.39, 0.29) is 18.0 Å². The van der Waals surface area contributed by atoms with E-state index in [1.165, 1.54) is 0 Å². The summed E-state index contributed by atoms with van der Waals surface area (Å²) in [6.45, 7) is 6.59. The van der Waals surface area contributed by atoms with Gasteiger partial charge in [0.2, 0.25) is 0 Å². The fourth-order valence-corrected chi connectivity index (χ4v) is 3.35. The largest absolute Gasteiger partial charge is 0.495 e. The van der Waals surface area contributed by atoms with Gasteiger partial charge in [0.25, 0.3) is 5.91 Å². The summed E-state index contributed by atoms with van der Waals surface area (Å²) in [6.07, 6.45) is 0. The standard InChI is InChI=1S/C22H28N4O3/c1-16(2)23-22(28)24-18-10-8-17(9-11-18)21(27)26-14-12-25(13-15-26)19-6-4-5-7-20(19)29-3/h4-11,16H,12-15H2,1-3H3,(H2,23,24,28). The Bertz CT molecular complexity index is 843. The molecule has 0 saturated carbocycles. The number of benzene rings is 2. The molecule has 1 heterocycles. The highest BCUT2D eigenvalue weighted by Gasteiger charge is 2.23. The smallest absolute Gasteiger partial charge is 0.319 e. The van der Waals surface area contributed by atoms with Gasteiger partial charge in [-0.3, -0.25) is 4.79 Å². The molecule has 3 rings (SSSR count). The molecule has 0 radical (unpaired) electrons. The Morgan fingerprint density at radius 2 is 1.62 bits per heavy atom. The van der Waals surface area contributed by atoms with Crippen LogP contribution in [0.3, 0.4) is 0 Å². The molecule has 154 valence electrons. The minimum atomic E-state index is -0.258. The first-order valence-corrected chi connectivity index (χ1v) is 9.82. The zero-order valence-corrected chi connectivity index (χ0v) is 17.1. The molecule has 0 aromatic heterocycles. The number of anilines is 2. The van der Waals surface area contributed by atoms with Gasteiger partial charge in [-0.1, -0.05) is 12.1 Å². The summed E-state index contributed by atoms with van der Waals surface area (Å²) in [7, 11) is 1.67. The topological polar surface area (TPSA) is 73.9 Å². The number of nitrogens with zero attached hydrogens (tertiary/aromatic N) is 2. The molecule has 29 heavy (non-hydrogen) atoms. The van der Waals surface area contributed by atoms with Crippen LogP contribution < -0.4 is 20.3 Å². The van der Waals surface area contributed by atoms with Crippen LogP contribution >= 0.6 is 0 Å². The van der Waals surface area contributed by atoms with Gasteiger partial charge in [-0.15, -0.1) is 0 Å². The van der Waals surface area contributed by atoms with E-state index in [0.717, 1.165) is 24.5 Å². The molecule has 7 heteroatoms. The molecule has 1 fully saturated rings. The van der Waals surface area contributed by atoms with E-state index in [4.69, 9.17) is 4.74 Å². The maximum atomic E-state index is 12.8. The highest BCUT2D eigenvalue weighted by Crippen LogP contribution is 2.28. The highest BCUT2D eigenvalue weighted by atomic mass is 16.5. The number of carbonyl (C=O) groups is 2. The average molecular weight is 396 g/mol. The Morgan fingerprint density at radius 1 is 0.966 bits per heavy atom. The quantitative estimate of drug-likeness (QED) is 0.814. The number of ether oxygens (including phenoxy) is 1. The average Bonchev–Trinajstić information content (AvgIpc) is 2.73. The molecule has 1 aliphatic heterocycles. The van der Waals surface area contributed by atoms with Crippen molar-refractivity contribution in [2.45, 2.75) is 19.9 Å². The molecule has 7 nitrogen and oxygen atoms in total. The Balaban J connectivity index is 1.57. The normalized spacial score (nSPS) is 13.9. The lowest BCUT2D eigenvalue weighted by Crippen LogP contribution is -2.48. The van der Waals surface area contributed by atoms with Crippen LogP contribution in [-0.4, -0.2) is 56.2 Å². The summed E-state index contributed by atoms with van der Waals surface area (Å²) >= 11 is 0. The van der Waals surface area contributed by atoms with Gasteiger partial charge in [-0.25, -0.2) is 4.79 Å². The van der Waals surface area contributed by atoms with E-state index in [0.29, 0.717) is 24.3 Å². The van der Waals surface area contributed by atoms with Crippen LogP contribution in [0.25, 0.3) is 0 Å². The molecular formula is C22H28N4O3. The predicted molar refractivity (Wildman–Crippen MR) is 115 cm³/mol. The number of piperazine rings is 1. The maximum Gasteiger partial charge on any atom is 0.319 e. The number of para-hydroxylation sites is 2. The lowest BCUT2D eigenvalue weighted by Gasteiger charge is -2.36. The zero-order valence-electron chi connectivity index (χ0n) is 17.1. The third-order valence-electron chi connectivity index (χ3n) is 4.80. The monoisotopic (exact) mass is 396 g/mol. The second-order valence-corrected chi connectivity index (χ2v) is 7.28. The third-order valence-corrected chi connectivity index (χ3v) is 4.80. The van der Waals surface area contributed by atoms with E-state index in [2.05, 4.69) is 15.5 Å². The first-order valence-electron chi connectivity index (χ1n) is 9.82. The van der Waals surface area contributed by atoms with Crippen molar-refractivity contribution in [2.75, 3.05) is 43.5 Å². The lowest BCUT2D eigenvalue weighted by atomic mass is 10.1. The second-order valence-electron chi connectivity index (χ2n) is 7.28. The van der Waals surface area contributed by atoms with Crippen LogP contribution in [0.1, 0.15) is 24.2 Å². The van der Waals surface area contributed by atoms with Crippen molar-refractivity contribution in [3.63, 3.8) is 0 Å². The SMILES string of the molecule is COc1ccccc1N1CCN(C(=O)c2ccc(NC(=O)NC(C)C)cc2)CC1. The molecule has 0 spiro atoms. The van der Waals surface area contributed by atoms with Crippen LogP contribution in [-0.2, 0) is 0 Å². The lowest BCUT2D eigenvalue weighted by molar-refractivity contribution is 0.0746. The minimum Gasteiger partial charge on any atom is -0.495 e. The first-order chi connectivity index (χ1) is 14.0. The third kappa shape index (κ3) is 5.19. The molecule has 0 aliphatic carbocycles. The number of amides is 3. The van der Waals surface area contributed by atoms with E-state index < -0.39 is 0 Å². The number of carbonyl (C=O) groups excluding carboxylic acids is 2. The first kappa shape index (κ1) is 20.5. The summed E-state index contributed by atoms with van der Waals surface area (Å²) in [5, 5.41) is 5.53. The molecule has 2 N–H and O–H groups in total. The minimum absolute atomic E-state index is 0.00265. The van der Waals surface area contributed by atoms with Crippen molar-refractivity contribution in [3.05, 3.63) is 54.1 Å². The van der Waals surface area contributed by atoms with Crippen LogP contribution in [0.4, 0.5) is 16.2 Å². The van der Waals surface area contributed by atoms with Crippen molar-refractivity contribution in [3.8, 4) is 5.75 Å². The number of hydrogen-bond acceptors (Lipinski definition) is 4. The van der Waals surface area contributed by atoms with E-state index in [9.17, 15) is 9.59 Å². The molecule has 1 aliphatic rings. The molecule has 2 aromatic rings. The van der Waals surface area contributed by atoms with Crippen molar-refractivity contribution >= 4 is 23.3 Å². The molecule has 0 bridgehead atoms. The summed E-state index contributed by atoms with van der Waals surface area (Å²) in [4.78, 5) is 28.7. The van der Waals surface area contributed by atoms with Crippen molar-refractivity contribution in [2.24, 2.45) is 0 Å². The van der Waals surface area contributed by atoms with Gasteiger partial charge in [-0.2, -0.15) is 0 Å². The summed E-state index contributed by atoms with van der Waals surface area (Å²) < 4.78 is 5.45. The van der Waals surface area contributed by atoms with Gasteiger partial charge in [0.05, 0.1) is 12.8 Å². The zero-order chi connectivity index (χ0) is 20.8. The number of rotatable bonds is 5. The van der Waals surface area contributed by atoms with Gasteiger partial charge in [0.15, 0.2) is 0 Å². The Hall–Kier alpha value is -3.22. The maximum absolute atomic E-state index is 12.8. The van der Waals surface area contributed by atoms with E-state index >= 15 is 0 Å². The van der Waals surface area contributed by atoms with Crippen LogP contribution in [0, 0.1) is 0 Å². The Morgan fingerprint density at radius 3 is 2.24 bits per heavy atom. The number of urea groups is 1. The Labute approximate surface area is 171 Å². The van der Waals surface area contributed by atoms with Gasteiger partial charge in [0.1, 0.15) is 5.75 Å². The van der Waals surface area contributed by atoms with E-state index in [1.807, 2.05) is 43.0 Å². The number of nitrogens with one attached hydrogen (secondary N) is 2. The fraction of sp³-hybridized carbons (Fsp3) is 0.364. The van der Waals surface area contributed by atoms with Crippen molar-refractivity contribution in [1.82, 2.24) is 10.2 Å². The van der Waals surface area contributed by atoms with Crippen LogP contribution in [0.15, 0.2) is 48.5 Å². The van der Waals surface area contributed by atoms with Gasteiger partial charge in [-0.05, 0) is 50.2 Å². The van der Waals surface area contributed by atoms with Gasteiger partial charge >= 0.3 is 6.03 Å². The molecule has 2 aromatic carbocycles. The molecule has 0 unspecified atom stereocenters. The van der Waals surface area contributed by atoms with Gasteiger partial charge in [0, 0.05) is 43.5 Å². The number of hydrogen-bond donors (Lipinski definition) is 2. The van der Waals surface area contributed by atoms with Crippen LogP contribution in [0.5, 0.6) is 5.75 Å². The second kappa shape index (κ2) is 9.32. The van der Waals surface area contributed by atoms with E-state index in [1.54, 1.807) is 31.4 Å².